The van der Waals surface area contributed by atoms with E-state index in [9.17, 15) is 14.4 Å². The molecule has 1 fully saturated rings. The second-order valence-electron chi connectivity index (χ2n) is 9.06. The molecule has 0 bridgehead atoms. The lowest BCUT2D eigenvalue weighted by Gasteiger charge is -2.27. The summed E-state index contributed by atoms with van der Waals surface area (Å²) in [6.07, 6.45) is 11.5. The molecule has 1 aliphatic carbocycles. The molecule has 0 radical (unpaired) electrons. The van der Waals surface area contributed by atoms with Gasteiger partial charge in [0, 0.05) is 32.6 Å². The lowest BCUT2D eigenvalue weighted by atomic mass is 9.97. The van der Waals surface area contributed by atoms with Gasteiger partial charge in [-0.05, 0) is 63.5 Å². The van der Waals surface area contributed by atoms with Crippen LogP contribution in [0.2, 0.25) is 0 Å². The van der Waals surface area contributed by atoms with Gasteiger partial charge >= 0.3 is 0 Å². The molecule has 1 aromatic heterocycles. The number of amides is 2. The Bertz CT molecular complexity index is 1100. The number of nitrogens with zero attached hydrogens (tertiary/aromatic N) is 3. The molecule has 7 nitrogen and oxygen atoms in total. The third kappa shape index (κ3) is 6.50. The van der Waals surface area contributed by atoms with Gasteiger partial charge in [-0.2, -0.15) is 0 Å². The zero-order chi connectivity index (χ0) is 23.8. The van der Waals surface area contributed by atoms with Crippen molar-refractivity contribution < 1.29 is 9.59 Å². The Labute approximate surface area is 205 Å². The summed E-state index contributed by atoms with van der Waals surface area (Å²) in [5, 5.41) is 4.00. The Morgan fingerprint density at radius 2 is 1.88 bits per heavy atom. The normalized spacial score (nSPS) is 16.4. The van der Waals surface area contributed by atoms with E-state index < -0.39 is 0 Å². The molecule has 182 valence electrons. The van der Waals surface area contributed by atoms with Crippen LogP contribution >= 0.6 is 11.8 Å². The Kier molecular flexibility index (Phi) is 8.79. The van der Waals surface area contributed by atoms with Gasteiger partial charge in [-0.25, -0.2) is 4.98 Å². The number of likely N-dealkylation sites (tertiary alicyclic amines) is 1. The second-order valence-corrected chi connectivity index (χ2v) is 10.00. The standard InChI is InChI=1S/C26H34N4O3S/c31-23(27-15-13-20-9-3-1-4-10-20)19-34-26-28-22-12-6-5-11-21(22)25(33)30(26)18-14-24(32)29-16-7-2-8-17-29/h5-6,9,11-12H,1-4,7-8,10,13-19H2,(H,27,31). The molecule has 0 spiro atoms. The summed E-state index contributed by atoms with van der Waals surface area (Å²) in [6.45, 7) is 2.49. The molecule has 8 heteroatoms. The minimum absolute atomic E-state index is 0.0697. The Morgan fingerprint density at radius 1 is 1.06 bits per heavy atom. The van der Waals surface area contributed by atoms with E-state index in [0.717, 1.165) is 51.6 Å². The molecule has 4 rings (SSSR count). The number of hydrogen-bond donors (Lipinski definition) is 1. The highest BCUT2D eigenvalue weighted by atomic mass is 32.2. The van der Waals surface area contributed by atoms with Gasteiger partial charge in [-0.3, -0.25) is 19.0 Å². The average molecular weight is 483 g/mol. The molecule has 1 aromatic carbocycles. The quantitative estimate of drug-likeness (QED) is 0.333. The summed E-state index contributed by atoms with van der Waals surface area (Å²) < 4.78 is 1.56. The Morgan fingerprint density at radius 3 is 2.68 bits per heavy atom. The molecular weight excluding hydrogens is 448 g/mol. The number of allylic oxidation sites excluding steroid dienone is 1. The number of para-hydroxylation sites is 1. The fourth-order valence-corrected chi connectivity index (χ4v) is 5.49. The second kappa shape index (κ2) is 12.2. The fraction of sp³-hybridized carbons (Fsp3) is 0.538. The predicted octanol–water partition coefficient (Wildman–Crippen LogP) is 3.90. The van der Waals surface area contributed by atoms with Crippen LogP contribution < -0.4 is 10.9 Å². The van der Waals surface area contributed by atoms with Crippen LogP contribution in [0.4, 0.5) is 0 Å². The number of fused-ring (bicyclic) bond motifs is 1. The first-order valence-corrected chi connectivity index (χ1v) is 13.4. The van der Waals surface area contributed by atoms with E-state index in [4.69, 9.17) is 0 Å². The maximum atomic E-state index is 13.2. The fourth-order valence-electron chi connectivity index (χ4n) is 4.64. The summed E-state index contributed by atoms with van der Waals surface area (Å²) in [5.74, 6) is 0.189. The highest BCUT2D eigenvalue weighted by Gasteiger charge is 2.19. The van der Waals surface area contributed by atoms with Crippen LogP contribution in [0.15, 0.2) is 45.9 Å². The number of nitrogens with one attached hydrogen (secondary N) is 1. The van der Waals surface area contributed by atoms with E-state index in [1.54, 1.807) is 10.6 Å². The molecular formula is C26H34N4O3S. The maximum absolute atomic E-state index is 13.2. The van der Waals surface area contributed by atoms with Gasteiger partial charge in [0.15, 0.2) is 5.16 Å². The van der Waals surface area contributed by atoms with Gasteiger partial charge in [-0.1, -0.05) is 35.5 Å². The largest absolute Gasteiger partial charge is 0.355 e. The number of aromatic nitrogens is 2. The molecule has 2 aromatic rings. The zero-order valence-electron chi connectivity index (χ0n) is 19.8. The van der Waals surface area contributed by atoms with Crippen LogP contribution in [0.25, 0.3) is 10.9 Å². The molecule has 2 aliphatic rings. The van der Waals surface area contributed by atoms with Crippen LogP contribution in [-0.4, -0.2) is 51.7 Å². The van der Waals surface area contributed by atoms with Crippen LogP contribution in [0.5, 0.6) is 0 Å². The Balaban J connectivity index is 1.40. The summed E-state index contributed by atoms with van der Waals surface area (Å²) in [6, 6.07) is 7.23. The SMILES string of the molecule is O=C(CSc1nc2ccccc2c(=O)n1CCC(=O)N1CCCCC1)NCCC1=CCCCC1. The summed E-state index contributed by atoms with van der Waals surface area (Å²) >= 11 is 1.26. The molecule has 2 amide bonds. The highest BCUT2D eigenvalue weighted by Crippen LogP contribution is 2.20. The Hall–Kier alpha value is -2.61. The minimum Gasteiger partial charge on any atom is -0.355 e. The van der Waals surface area contributed by atoms with Gasteiger partial charge in [0.2, 0.25) is 11.8 Å². The highest BCUT2D eigenvalue weighted by molar-refractivity contribution is 7.99. The molecule has 1 N–H and O–H groups in total. The van der Waals surface area contributed by atoms with Crippen LogP contribution in [0.3, 0.4) is 0 Å². The summed E-state index contributed by atoms with van der Waals surface area (Å²) in [4.78, 5) is 44.9. The first kappa shape index (κ1) is 24.5. The van der Waals surface area contributed by atoms with Crippen molar-refractivity contribution in [3.8, 4) is 0 Å². The van der Waals surface area contributed by atoms with E-state index in [-0.39, 0.29) is 36.1 Å². The number of thioether (sulfide) groups is 1. The molecule has 0 saturated carbocycles. The number of benzene rings is 1. The van der Waals surface area contributed by atoms with Crippen molar-refractivity contribution in [2.45, 2.75) is 69.5 Å². The number of hydrogen-bond acceptors (Lipinski definition) is 5. The first-order valence-electron chi connectivity index (χ1n) is 12.5. The lowest BCUT2D eigenvalue weighted by Crippen LogP contribution is -2.37. The summed E-state index contributed by atoms with van der Waals surface area (Å²) in [5.41, 5.74) is 1.88. The van der Waals surface area contributed by atoms with Crippen molar-refractivity contribution in [3.63, 3.8) is 0 Å². The number of carbonyl (C=O) groups excluding carboxylic acids is 2. The number of carbonyl (C=O) groups is 2. The monoisotopic (exact) mass is 482 g/mol. The minimum atomic E-state index is -0.163. The van der Waals surface area contributed by atoms with Gasteiger partial charge in [0.05, 0.1) is 16.7 Å². The lowest BCUT2D eigenvalue weighted by molar-refractivity contribution is -0.132. The zero-order valence-corrected chi connectivity index (χ0v) is 20.6. The van der Waals surface area contributed by atoms with Crippen LogP contribution in [0, 0.1) is 0 Å². The van der Waals surface area contributed by atoms with Crippen molar-refractivity contribution in [3.05, 3.63) is 46.3 Å². The molecule has 34 heavy (non-hydrogen) atoms. The number of piperidine rings is 1. The van der Waals surface area contributed by atoms with E-state index in [1.165, 1.54) is 30.2 Å². The van der Waals surface area contributed by atoms with E-state index in [2.05, 4.69) is 16.4 Å². The topological polar surface area (TPSA) is 84.3 Å². The average Bonchev–Trinajstić information content (AvgIpc) is 2.88. The van der Waals surface area contributed by atoms with Crippen molar-refractivity contribution >= 4 is 34.5 Å². The van der Waals surface area contributed by atoms with E-state index in [0.29, 0.717) is 22.6 Å². The molecule has 2 heterocycles. The van der Waals surface area contributed by atoms with E-state index in [1.807, 2.05) is 23.1 Å². The van der Waals surface area contributed by atoms with Crippen molar-refractivity contribution in [2.24, 2.45) is 0 Å². The van der Waals surface area contributed by atoms with Crippen LogP contribution in [-0.2, 0) is 16.1 Å². The predicted molar refractivity (Wildman–Crippen MR) is 136 cm³/mol. The molecule has 0 atom stereocenters. The van der Waals surface area contributed by atoms with Crippen molar-refractivity contribution in [1.82, 2.24) is 19.8 Å². The third-order valence-corrected chi connectivity index (χ3v) is 7.55. The van der Waals surface area contributed by atoms with Gasteiger partial charge in [-0.15, -0.1) is 0 Å². The number of rotatable bonds is 9. The molecule has 1 saturated heterocycles. The van der Waals surface area contributed by atoms with Crippen molar-refractivity contribution in [2.75, 3.05) is 25.4 Å². The van der Waals surface area contributed by atoms with Gasteiger partial charge < -0.3 is 10.2 Å². The molecule has 0 unspecified atom stereocenters. The molecule has 1 aliphatic heterocycles. The van der Waals surface area contributed by atoms with Gasteiger partial charge in [0.1, 0.15) is 0 Å². The van der Waals surface area contributed by atoms with Gasteiger partial charge in [0.25, 0.3) is 5.56 Å². The van der Waals surface area contributed by atoms with E-state index >= 15 is 0 Å². The van der Waals surface area contributed by atoms with Crippen molar-refractivity contribution in [1.29, 1.82) is 0 Å². The maximum Gasteiger partial charge on any atom is 0.262 e. The van der Waals surface area contributed by atoms with Crippen LogP contribution in [0.1, 0.15) is 57.8 Å². The summed E-state index contributed by atoms with van der Waals surface area (Å²) in [7, 11) is 0. The smallest absolute Gasteiger partial charge is 0.262 e. The first-order chi connectivity index (χ1) is 16.6. The third-order valence-electron chi connectivity index (χ3n) is 6.57.